The summed E-state index contributed by atoms with van der Waals surface area (Å²) >= 11 is 0. The van der Waals surface area contributed by atoms with E-state index >= 15 is 0 Å². The lowest BCUT2D eigenvalue weighted by Gasteiger charge is -2.31. The second kappa shape index (κ2) is 10.7. The predicted molar refractivity (Wildman–Crippen MR) is 166 cm³/mol. The number of aromatic amines is 1. The molecule has 0 radical (unpaired) electrons. The highest BCUT2D eigenvalue weighted by molar-refractivity contribution is 6.17. The summed E-state index contributed by atoms with van der Waals surface area (Å²) in [5.74, 6) is -2.87. The number of hydrogen-bond acceptors (Lipinski definition) is 5. The molecular weight excluding hydrogens is 554 g/mol. The Morgan fingerprint density at radius 1 is 0.864 bits per heavy atom. The number of anilines is 1. The molecule has 1 aromatic heterocycles. The number of carbonyl (C=O) groups is 4. The van der Waals surface area contributed by atoms with Crippen molar-refractivity contribution >= 4 is 40.2 Å². The number of imide groups is 1. The Balaban J connectivity index is 1.33. The third-order valence-electron chi connectivity index (χ3n) is 9.67. The largest absolute Gasteiger partial charge is 0.361 e. The number of nitrogens with zero attached hydrogens (tertiary/aromatic N) is 3. The zero-order valence-corrected chi connectivity index (χ0v) is 24.8. The van der Waals surface area contributed by atoms with E-state index in [2.05, 4.69) is 10.3 Å². The van der Waals surface area contributed by atoms with Crippen LogP contribution in [0.25, 0.3) is 10.9 Å². The number of hydrogen-bond donors (Lipinski definition) is 2. The van der Waals surface area contributed by atoms with Crippen molar-refractivity contribution in [1.82, 2.24) is 20.1 Å². The molecule has 2 N–H and O–H groups in total. The standard InChI is InChI=1S/C35H35N5O4/c1-3-38(4-2)29(41)21-39-28-17-11-9-15-25(28)35(34(39)44)31-30(32(42)40(33(31)43)20-22-12-6-5-7-13-22)27(37-35)18-23-19-36-26-16-10-8-14-24(23)26/h5-17,19,27,30-31,36-37H,3-4,18,20-21H2,1-2H3/t27-,30+,31-,35-/m0/s1. The van der Waals surface area contributed by atoms with Crippen LogP contribution in [-0.4, -0.2) is 64.1 Å². The van der Waals surface area contributed by atoms with Gasteiger partial charge in [0.15, 0.2) is 0 Å². The van der Waals surface area contributed by atoms with Crippen molar-refractivity contribution in [3.8, 4) is 0 Å². The zero-order valence-electron chi connectivity index (χ0n) is 24.8. The number of carbonyl (C=O) groups excluding carboxylic acids is 4. The second-order valence-corrected chi connectivity index (χ2v) is 11.8. The van der Waals surface area contributed by atoms with Gasteiger partial charge in [0.25, 0.3) is 5.91 Å². The van der Waals surface area contributed by atoms with Gasteiger partial charge in [-0.15, -0.1) is 0 Å². The molecule has 7 rings (SSSR count). The molecule has 3 aromatic carbocycles. The number of aromatic nitrogens is 1. The Bertz CT molecular complexity index is 1780. The number of benzene rings is 3. The van der Waals surface area contributed by atoms with Crippen LogP contribution in [0.15, 0.2) is 85.1 Å². The number of H-pyrrole nitrogens is 1. The maximum atomic E-state index is 14.7. The molecule has 224 valence electrons. The smallest absolute Gasteiger partial charge is 0.253 e. The van der Waals surface area contributed by atoms with Crippen LogP contribution in [0.4, 0.5) is 5.69 Å². The van der Waals surface area contributed by atoms with Gasteiger partial charge in [0.1, 0.15) is 12.1 Å². The van der Waals surface area contributed by atoms with Crippen molar-refractivity contribution in [2.45, 2.75) is 38.4 Å². The summed E-state index contributed by atoms with van der Waals surface area (Å²) in [5, 5.41) is 4.62. The molecule has 0 unspecified atom stereocenters. The van der Waals surface area contributed by atoms with E-state index in [1.54, 1.807) is 4.90 Å². The number of likely N-dealkylation sites (N-methyl/N-ethyl adjacent to an activating group) is 1. The molecular formula is C35H35N5O4. The fourth-order valence-electron chi connectivity index (χ4n) is 7.61. The highest BCUT2D eigenvalue weighted by atomic mass is 16.2. The SMILES string of the molecule is CCN(CC)C(=O)CN1C(=O)[C@]2(N[C@@H](Cc3c[nH]c4ccccc34)[C@H]3C(=O)N(Cc4ccccc4)C(=O)[C@H]32)c2ccccc21. The Kier molecular flexibility index (Phi) is 6.85. The number of amides is 4. The van der Waals surface area contributed by atoms with E-state index in [0.29, 0.717) is 30.8 Å². The van der Waals surface area contributed by atoms with Crippen LogP contribution in [0.3, 0.4) is 0 Å². The van der Waals surface area contributed by atoms with E-state index in [4.69, 9.17) is 0 Å². The lowest BCUT2D eigenvalue weighted by Crippen LogP contribution is -2.56. The topological polar surface area (TPSA) is 106 Å². The molecule has 1 spiro atoms. The Morgan fingerprint density at radius 2 is 1.57 bits per heavy atom. The first-order valence-electron chi connectivity index (χ1n) is 15.3. The van der Waals surface area contributed by atoms with Crippen LogP contribution in [0.2, 0.25) is 0 Å². The molecule has 4 atom stereocenters. The molecule has 44 heavy (non-hydrogen) atoms. The van der Waals surface area contributed by atoms with Crippen molar-refractivity contribution in [3.63, 3.8) is 0 Å². The predicted octanol–water partition coefficient (Wildman–Crippen LogP) is 3.59. The normalized spacial score (nSPS) is 24.0. The third-order valence-corrected chi connectivity index (χ3v) is 9.67. The van der Waals surface area contributed by atoms with E-state index in [1.165, 1.54) is 9.80 Å². The molecule has 9 nitrogen and oxygen atoms in total. The molecule has 0 aliphatic carbocycles. The van der Waals surface area contributed by atoms with Crippen LogP contribution in [0.5, 0.6) is 0 Å². The van der Waals surface area contributed by atoms with E-state index in [9.17, 15) is 19.2 Å². The maximum Gasteiger partial charge on any atom is 0.253 e. The fraction of sp³-hybridized carbons (Fsp3) is 0.314. The van der Waals surface area contributed by atoms with Gasteiger partial charge in [-0.05, 0) is 43.5 Å². The molecule has 4 amide bonds. The molecule has 3 aliphatic rings. The van der Waals surface area contributed by atoms with Gasteiger partial charge in [-0.25, -0.2) is 0 Å². The summed E-state index contributed by atoms with van der Waals surface area (Å²) in [6.07, 6.45) is 2.38. The van der Waals surface area contributed by atoms with Gasteiger partial charge in [0, 0.05) is 47.5 Å². The van der Waals surface area contributed by atoms with Gasteiger partial charge < -0.3 is 14.8 Å². The second-order valence-electron chi connectivity index (χ2n) is 11.8. The summed E-state index contributed by atoms with van der Waals surface area (Å²) in [5.41, 5.74) is 2.58. The van der Waals surface area contributed by atoms with Crippen LogP contribution < -0.4 is 10.2 Å². The summed E-state index contributed by atoms with van der Waals surface area (Å²) in [7, 11) is 0. The number of para-hydroxylation sites is 2. The molecule has 3 aliphatic heterocycles. The summed E-state index contributed by atoms with van der Waals surface area (Å²) in [4.78, 5) is 64.6. The van der Waals surface area contributed by atoms with Crippen LogP contribution in [-0.2, 0) is 37.7 Å². The van der Waals surface area contributed by atoms with E-state index in [1.807, 2.05) is 98.9 Å². The molecule has 4 aromatic rings. The first-order valence-corrected chi connectivity index (χ1v) is 15.3. The van der Waals surface area contributed by atoms with Crippen LogP contribution >= 0.6 is 0 Å². The van der Waals surface area contributed by atoms with E-state index < -0.39 is 23.4 Å². The van der Waals surface area contributed by atoms with E-state index in [0.717, 1.165) is 22.0 Å². The molecule has 9 heteroatoms. The average Bonchev–Trinajstić information content (AvgIpc) is 3.74. The Labute approximate surface area is 255 Å². The number of rotatable bonds is 8. The minimum absolute atomic E-state index is 0.138. The van der Waals surface area contributed by atoms with Crippen LogP contribution in [0.1, 0.15) is 30.5 Å². The van der Waals surface area contributed by atoms with Crippen molar-refractivity contribution < 1.29 is 19.2 Å². The van der Waals surface area contributed by atoms with Gasteiger partial charge in [-0.2, -0.15) is 0 Å². The van der Waals surface area contributed by atoms with Gasteiger partial charge in [-0.1, -0.05) is 66.7 Å². The number of nitrogens with one attached hydrogen (secondary N) is 2. The number of likely N-dealkylation sites (tertiary alicyclic amines) is 1. The minimum atomic E-state index is -1.47. The van der Waals surface area contributed by atoms with Crippen molar-refractivity contribution in [1.29, 1.82) is 0 Å². The lowest BCUT2D eigenvalue weighted by molar-refractivity contribution is -0.143. The quantitative estimate of drug-likeness (QED) is 0.306. The molecule has 2 saturated heterocycles. The Morgan fingerprint density at radius 3 is 2.34 bits per heavy atom. The van der Waals surface area contributed by atoms with Crippen molar-refractivity contribution in [2.24, 2.45) is 11.8 Å². The third kappa shape index (κ3) is 4.10. The van der Waals surface area contributed by atoms with Gasteiger partial charge in [0.2, 0.25) is 17.7 Å². The molecule has 0 bridgehead atoms. The highest BCUT2D eigenvalue weighted by Crippen LogP contribution is 2.55. The highest BCUT2D eigenvalue weighted by Gasteiger charge is 2.71. The first kappa shape index (κ1) is 28.0. The van der Waals surface area contributed by atoms with Gasteiger partial charge in [0.05, 0.1) is 18.4 Å². The summed E-state index contributed by atoms with van der Waals surface area (Å²) in [6.45, 7) is 4.88. The monoisotopic (exact) mass is 589 g/mol. The number of fused-ring (bicyclic) bond motifs is 5. The minimum Gasteiger partial charge on any atom is -0.361 e. The average molecular weight is 590 g/mol. The van der Waals surface area contributed by atoms with Gasteiger partial charge in [-0.3, -0.25) is 29.4 Å². The fourth-order valence-corrected chi connectivity index (χ4v) is 7.61. The summed E-state index contributed by atoms with van der Waals surface area (Å²) in [6, 6.07) is 24.3. The molecule has 4 heterocycles. The lowest BCUT2D eigenvalue weighted by atomic mass is 9.76. The molecule has 0 saturated carbocycles. The zero-order chi connectivity index (χ0) is 30.6. The molecule has 2 fully saturated rings. The van der Waals surface area contributed by atoms with Crippen LogP contribution in [0, 0.1) is 11.8 Å². The van der Waals surface area contributed by atoms with Gasteiger partial charge >= 0.3 is 0 Å². The first-order chi connectivity index (χ1) is 21.4. The Hall–Kier alpha value is -4.76. The van der Waals surface area contributed by atoms with E-state index in [-0.39, 0.29) is 36.7 Å². The van der Waals surface area contributed by atoms with Crippen molar-refractivity contribution in [3.05, 3.63) is 102 Å². The van der Waals surface area contributed by atoms with Crippen molar-refractivity contribution in [2.75, 3.05) is 24.5 Å². The maximum absolute atomic E-state index is 14.7. The summed E-state index contributed by atoms with van der Waals surface area (Å²) < 4.78 is 0.